The fourth-order valence-corrected chi connectivity index (χ4v) is 6.43. The van der Waals surface area contributed by atoms with Gasteiger partial charge in [-0.05, 0) is 38.8 Å². The summed E-state index contributed by atoms with van der Waals surface area (Å²) in [5.41, 5.74) is 5.00. The maximum absolute atomic E-state index is 12.9. The predicted octanol–water partition coefficient (Wildman–Crippen LogP) is 2.32. The van der Waals surface area contributed by atoms with Gasteiger partial charge < -0.3 is 14.7 Å². The quantitative estimate of drug-likeness (QED) is 0.472. The van der Waals surface area contributed by atoms with E-state index in [1.54, 1.807) is 4.68 Å². The zero-order chi connectivity index (χ0) is 26.9. The molecule has 3 aromatic rings. The van der Waals surface area contributed by atoms with Crippen molar-refractivity contribution in [3.05, 3.63) is 54.1 Å². The predicted molar refractivity (Wildman–Crippen MR) is 148 cm³/mol. The van der Waals surface area contributed by atoms with Crippen LogP contribution in [0.25, 0.3) is 11.1 Å². The van der Waals surface area contributed by atoms with E-state index in [0.29, 0.717) is 45.0 Å². The Bertz CT molecular complexity index is 1390. The van der Waals surface area contributed by atoms with Crippen molar-refractivity contribution in [2.75, 3.05) is 55.3 Å². The van der Waals surface area contributed by atoms with Gasteiger partial charge in [0.25, 0.3) is 0 Å². The van der Waals surface area contributed by atoms with E-state index in [0.717, 1.165) is 41.3 Å². The Balaban J connectivity index is 1.23. The lowest BCUT2D eigenvalue weighted by atomic mass is 10.1. The monoisotopic (exact) mass is 537 g/mol. The zero-order valence-electron chi connectivity index (χ0n) is 22.2. The maximum Gasteiger partial charge on any atom is 0.244 e. The number of para-hydroxylation sites is 1. The smallest absolute Gasteiger partial charge is 0.244 e. The first-order valence-electron chi connectivity index (χ1n) is 13.1. The average Bonchev–Trinajstić information content (AvgIpc) is 3.24. The molecular formula is C27H35N7O3S. The Morgan fingerprint density at radius 2 is 1.61 bits per heavy atom. The molecule has 2 aromatic heterocycles. The van der Waals surface area contributed by atoms with Gasteiger partial charge in [0.2, 0.25) is 11.9 Å². The first kappa shape index (κ1) is 26.1. The van der Waals surface area contributed by atoms with Crippen molar-refractivity contribution in [1.29, 1.82) is 0 Å². The lowest BCUT2D eigenvalue weighted by molar-refractivity contribution is -0.132. The Labute approximate surface area is 224 Å². The Morgan fingerprint density at radius 1 is 0.947 bits per heavy atom. The van der Waals surface area contributed by atoms with Gasteiger partial charge in [-0.15, -0.1) is 0 Å². The number of piperazine rings is 1. The van der Waals surface area contributed by atoms with Gasteiger partial charge in [-0.25, -0.2) is 18.4 Å². The Kier molecular flexibility index (Phi) is 7.38. The summed E-state index contributed by atoms with van der Waals surface area (Å²) in [5, 5.41) is 4.14. The number of aryl methyl sites for hydroxylation is 2. The van der Waals surface area contributed by atoms with Crippen LogP contribution in [-0.2, 0) is 21.2 Å². The fraction of sp³-hybridized carbons (Fsp3) is 0.481. The molecule has 2 fully saturated rings. The van der Waals surface area contributed by atoms with Crippen molar-refractivity contribution in [1.82, 2.24) is 24.6 Å². The fourth-order valence-electron chi connectivity index (χ4n) is 5.36. The minimum atomic E-state index is -3.01. The van der Waals surface area contributed by atoms with E-state index < -0.39 is 9.84 Å². The minimum absolute atomic E-state index is 0.0914. The van der Waals surface area contributed by atoms with Crippen LogP contribution in [0, 0.1) is 13.8 Å². The first-order chi connectivity index (χ1) is 18.2. The van der Waals surface area contributed by atoms with E-state index in [9.17, 15) is 13.2 Å². The number of carbonyl (C=O) groups excluding carboxylic acids is 1. The van der Waals surface area contributed by atoms with Gasteiger partial charge >= 0.3 is 0 Å². The summed E-state index contributed by atoms with van der Waals surface area (Å²) in [6.45, 7) is 8.25. The molecule has 38 heavy (non-hydrogen) atoms. The van der Waals surface area contributed by atoms with Crippen LogP contribution in [0.15, 0.2) is 42.7 Å². The lowest BCUT2D eigenvalue weighted by Crippen LogP contribution is -2.49. The Morgan fingerprint density at radius 3 is 2.21 bits per heavy atom. The number of hydrogen-bond donors (Lipinski definition) is 0. The third kappa shape index (κ3) is 5.67. The highest BCUT2D eigenvalue weighted by atomic mass is 32.2. The average molecular weight is 538 g/mol. The molecule has 0 bridgehead atoms. The van der Waals surface area contributed by atoms with Gasteiger partial charge in [0.05, 0.1) is 10.9 Å². The summed E-state index contributed by atoms with van der Waals surface area (Å²) in [7, 11) is -3.01. The lowest BCUT2D eigenvalue weighted by Gasteiger charge is -2.37. The number of carbonyl (C=O) groups is 1. The van der Waals surface area contributed by atoms with Gasteiger partial charge in [0.15, 0.2) is 0 Å². The molecule has 202 valence electrons. The van der Waals surface area contributed by atoms with Crippen molar-refractivity contribution >= 4 is 27.4 Å². The number of piperidine rings is 1. The van der Waals surface area contributed by atoms with Crippen molar-refractivity contribution in [2.45, 2.75) is 38.5 Å². The summed E-state index contributed by atoms with van der Waals surface area (Å²) >= 11 is 0. The van der Waals surface area contributed by atoms with Gasteiger partial charge in [0, 0.05) is 80.4 Å². The van der Waals surface area contributed by atoms with Gasteiger partial charge in [0.1, 0.15) is 16.4 Å². The molecule has 0 spiro atoms. The maximum atomic E-state index is 12.9. The van der Waals surface area contributed by atoms with Gasteiger partial charge in [-0.2, -0.15) is 5.10 Å². The molecule has 0 atom stereocenters. The molecule has 11 heteroatoms. The molecule has 1 amide bonds. The molecule has 5 rings (SSSR count). The number of anilines is 2. The molecular weight excluding hydrogens is 502 g/mol. The van der Waals surface area contributed by atoms with Gasteiger partial charge in [-0.1, -0.05) is 18.2 Å². The van der Waals surface area contributed by atoms with Crippen LogP contribution in [-0.4, -0.2) is 89.7 Å². The third-order valence-electron chi connectivity index (χ3n) is 7.55. The van der Waals surface area contributed by atoms with Crippen LogP contribution in [0.4, 0.5) is 11.6 Å². The topological polar surface area (TPSA) is 105 Å². The number of rotatable bonds is 6. The molecule has 0 aliphatic carbocycles. The minimum Gasteiger partial charge on any atom is -0.367 e. The van der Waals surface area contributed by atoms with Crippen molar-refractivity contribution < 1.29 is 13.2 Å². The second-order valence-electron chi connectivity index (χ2n) is 10.3. The molecule has 10 nitrogen and oxygen atoms in total. The Hall–Kier alpha value is -3.47. The van der Waals surface area contributed by atoms with E-state index in [1.165, 1.54) is 6.26 Å². The van der Waals surface area contributed by atoms with Crippen LogP contribution in [0.3, 0.4) is 0 Å². The summed E-state index contributed by atoms with van der Waals surface area (Å²) in [6, 6.07) is 10.2. The number of amides is 1. The number of sulfone groups is 1. The highest BCUT2D eigenvalue weighted by Crippen LogP contribution is 2.31. The summed E-state index contributed by atoms with van der Waals surface area (Å²) in [4.78, 5) is 28.4. The molecule has 2 aliphatic heterocycles. The summed E-state index contributed by atoms with van der Waals surface area (Å²) in [5.74, 6) is 0.724. The first-order valence-corrected chi connectivity index (χ1v) is 15.0. The summed E-state index contributed by atoms with van der Waals surface area (Å²) < 4.78 is 25.5. The van der Waals surface area contributed by atoms with Crippen LogP contribution >= 0.6 is 0 Å². The number of aromatic nitrogens is 4. The zero-order valence-corrected chi connectivity index (χ0v) is 23.1. The highest BCUT2D eigenvalue weighted by Gasteiger charge is 2.28. The van der Waals surface area contributed by atoms with Crippen molar-refractivity contribution in [3.63, 3.8) is 0 Å². The molecule has 0 radical (unpaired) electrons. The normalized spacial score (nSPS) is 17.2. The molecule has 0 N–H and O–H groups in total. The second-order valence-corrected chi connectivity index (χ2v) is 12.6. The molecule has 0 unspecified atom stereocenters. The van der Waals surface area contributed by atoms with E-state index >= 15 is 0 Å². The van der Waals surface area contributed by atoms with E-state index in [-0.39, 0.29) is 17.7 Å². The van der Waals surface area contributed by atoms with Crippen LogP contribution in [0.1, 0.15) is 24.2 Å². The number of nitrogens with zero attached hydrogens (tertiary/aromatic N) is 7. The van der Waals surface area contributed by atoms with E-state index in [4.69, 9.17) is 0 Å². The highest BCUT2D eigenvalue weighted by molar-refractivity contribution is 7.91. The number of hydrogen-bond acceptors (Lipinski definition) is 8. The second kappa shape index (κ2) is 10.7. The molecule has 2 aliphatic rings. The molecule has 2 saturated heterocycles. The van der Waals surface area contributed by atoms with Crippen LogP contribution < -0.4 is 9.80 Å². The summed E-state index contributed by atoms with van der Waals surface area (Å²) in [6.07, 6.45) is 6.21. The third-order valence-corrected chi connectivity index (χ3v) is 9.23. The molecule has 1 aromatic carbocycles. The van der Waals surface area contributed by atoms with Gasteiger partial charge in [-0.3, -0.25) is 9.48 Å². The standard InChI is InChI=1S/C27H35N7O3S/c1-20-16-21(2)34(30-20)19-26(35)32-14-12-31(13-15-32)25-7-5-4-6-24(25)22-17-28-27(29-18-22)33-10-8-23(9-11-33)38(3,36)37/h4-7,16-18,23H,8-15,19H2,1-3H3. The SMILES string of the molecule is Cc1cc(C)n(CC(=O)N2CCN(c3ccccc3-c3cnc(N4CCC(S(C)(=O)=O)CC4)nc3)CC2)n1. The van der Waals surface area contributed by atoms with Crippen molar-refractivity contribution in [3.8, 4) is 11.1 Å². The molecule has 0 saturated carbocycles. The van der Waals surface area contributed by atoms with Crippen LogP contribution in [0.2, 0.25) is 0 Å². The molecule has 4 heterocycles. The van der Waals surface area contributed by atoms with Crippen LogP contribution in [0.5, 0.6) is 0 Å². The van der Waals surface area contributed by atoms with E-state index in [1.807, 2.05) is 49.3 Å². The number of benzene rings is 1. The largest absolute Gasteiger partial charge is 0.367 e. The van der Waals surface area contributed by atoms with Crippen molar-refractivity contribution in [2.24, 2.45) is 0 Å². The van der Waals surface area contributed by atoms with E-state index in [2.05, 4.69) is 37.0 Å².